The molecule has 0 aliphatic heterocycles. The largest absolute Gasteiger partial charge is 0.465 e. The number of Topliss-reactive ketones (excluding diaryl/α,β-unsaturated/α-hetero) is 1. The molecular formula is C29H46N2O7. The minimum absolute atomic E-state index is 0.0198. The van der Waals surface area contributed by atoms with Crippen molar-refractivity contribution in [1.29, 1.82) is 0 Å². The van der Waals surface area contributed by atoms with Crippen LogP contribution >= 0.6 is 0 Å². The smallest absolute Gasteiger partial charge is 0.323 e. The predicted molar refractivity (Wildman–Crippen MR) is 141 cm³/mol. The van der Waals surface area contributed by atoms with Crippen LogP contribution in [0.2, 0.25) is 0 Å². The molecule has 4 rings (SSSR count). The summed E-state index contributed by atoms with van der Waals surface area (Å²) in [5.74, 6) is -2.32. The first-order valence-corrected chi connectivity index (χ1v) is 14.1. The van der Waals surface area contributed by atoms with Crippen molar-refractivity contribution in [3.05, 3.63) is 12.2 Å². The van der Waals surface area contributed by atoms with Gasteiger partial charge in [-0.3, -0.25) is 14.4 Å². The van der Waals surface area contributed by atoms with Crippen LogP contribution in [-0.4, -0.2) is 67.4 Å². The fourth-order valence-electron chi connectivity index (χ4n) is 8.92. The number of hydrogen-bond acceptors (Lipinski definition) is 9. The molecule has 38 heavy (non-hydrogen) atoms. The van der Waals surface area contributed by atoms with E-state index in [2.05, 4.69) is 20.4 Å². The summed E-state index contributed by atoms with van der Waals surface area (Å²) in [6.07, 6.45) is 2.86. The summed E-state index contributed by atoms with van der Waals surface area (Å²) in [5.41, 5.74) is 10.0. The van der Waals surface area contributed by atoms with E-state index in [1.165, 1.54) is 6.92 Å². The summed E-state index contributed by atoms with van der Waals surface area (Å²) in [5, 5.41) is 11.8. The van der Waals surface area contributed by atoms with Gasteiger partial charge in [-0.05, 0) is 62.0 Å². The summed E-state index contributed by atoms with van der Waals surface area (Å²) in [6.45, 7) is 10.5. The lowest BCUT2D eigenvalue weighted by atomic mass is 9.39. The Hall–Kier alpha value is -1.81. The average molecular weight is 535 g/mol. The van der Waals surface area contributed by atoms with Crippen LogP contribution in [0.1, 0.15) is 72.1 Å². The maximum atomic E-state index is 14.3. The van der Waals surface area contributed by atoms with Crippen molar-refractivity contribution in [2.75, 3.05) is 20.3 Å². The highest BCUT2D eigenvalue weighted by Crippen LogP contribution is 2.72. The topological polar surface area (TPSA) is 151 Å². The lowest BCUT2D eigenvalue weighted by molar-refractivity contribution is -0.272. The summed E-state index contributed by atoms with van der Waals surface area (Å²) < 4.78 is 18.0. The highest BCUT2D eigenvalue weighted by Gasteiger charge is 2.78. The third-order valence-electron chi connectivity index (χ3n) is 10.4. The van der Waals surface area contributed by atoms with Gasteiger partial charge in [0.1, 0.15) is 17.6 Å². The summed E-state index contributed by atoms with van der Waals surface area (Å²) in [6, 6.07) is -0.841. The van der Waals surface area contributed by atoms with E-state index < -0.39 is 59.0 Å². The number of carbonyl (C=O) groups excluding carboxylic acids is 3. The van der Waals surface area contributed by atoms with Crippen LogP contribution in [0.3, 0.4) is 0 Å². The van der Waals surface area contributed by atoms with E-state index in [9.17, 15) is 19.5 Å². The quantitative estimate of drug-likeness (QED) is 0.230. The SMILES string of the molecule is C=C1C(=O)[C@]23[C@H](OC(=O)[C@@H](N)CCCCN)[C@H]1C[C@H](O)[C@H]2[C@]1(COC(C)=O)CCCC(C)(C)[C@H]1C[C@H]3OC. The number of fused-ring (bicyclic) bond motifs is 3. The third kappa shape index (κ3) is 4.34. The summed E-state index contributed by atoms with van der Waals surface area (Å²) in [7, 11) is 1.58. The van der Waals surface area contributed by atoms with Gasteiger partial charge < -0.3 is 30.8 Å². The molecule has 4 aliphatic rings. The van der Waals surface area contributed by atoms with Gasteiger partial charge in [0.15, 0.2) is 5.78 Å². The molecule has 0 aromatic heterocycles. The molecule has 0 aromatic rings. The van der Waals surface area contributed by atoms with Crippen molar-refractivity contribution in [2.24, 2.45) is 45.5 Å². The van der Waals surface area contributed by atoms with Gasteiger partial charge in [0.05, 0.1) is 18.8 Å². The van der Waals surface area contributed by atoms with Crippen LogP contribution < -0.4 is 11.5 Å². The zero-order valence-corrected chi connectivity index (χ0v) is 23.4. The first-order valence-electron chi connectivity index (χ1n) is 14.1. The number of methoxy groups -OCH3 is 1. The fourth-order valence-corrected chi connectivity index (χ4v) is 8.92. The molecule has 0 heterocycles. The van der Waals surface area contributed by atoms with Crippen LogP contribution in [0.5, 0.6) is 0 Å². The van der Waals surface area contributed by atoms with E-state index in [4.69, 9.17) is 25.7 Å². The van der Waals surface area contributed by atoms with Crippen LogP contribution in [0.15, 0.2) is 12.2 Å². The van der Waals surface area contributed by atoms with Crippen LogP contribution in [0.25, 0.3) is 0 Å². The number of ether oxygens (including phenoxy) is 3. The van der Waals surface area contributed by atoms with E-state index in [1.807, 2.05) is 0 Å². The van der Waals surface area contributed by atoms with Crippen molar-refractivity contribution in [3.63, 3.8) is 0 Å². The Morgan fingerprint density at radius 3 is 2.55 bits per heavy atom. The number of unbranched alkanes of at least 4 members (excludes halogenated alkanes) is 1. The second kappa shape index (κ2) is 10.6. The van der Waals surface area contributed by atoms with Gasteiger partial charge in [0.25, 0.3) is 0 Å². The minimum Gasteiger partial charge on any atom is -0.465 e. The van der Waals surface area contributed by atoms with Crippen LogP contribution in [0.4, 0.5) is 0 Å². The molecule has 2 bridgehead atoms. The Bertz CT molecular complexity index is 967. The molecule has 9 nitrogen and oxygen atoms in total. The summed E-state index contributed by atoms with van der Waals surface area (Å²) >= 11 is 0. The zero-order valence-electron chi connectivity index (χ0n) is 23.4. The van der Waals surface area contributed by atoms with Crippen molar-refractivity contribution in [2.45, 2.75) is 96.5 Å². The third-order valence-corrected chi connectivity index (χ3v) is 10.4. The van der Waals surface area contributed by atoms with E-state index in [0.717, 1.165) is 19.3 Å². The van der Waals surface area contributed by atoms with Crippen molar-refractivity contribution in [3.8, 4) is 0 Å². The number of nitrogens with two attached hydrogens (primary N) is 2. The minimum atomic E-state index is -1.33. The lowest BCUT2D eigenvalue weighted by Crippen LogP contribution is -2.72. The van der Waals surface area contributed by atoms with E-state index in [1.54, 1.807) is 7.11 Å². The monoisotopic (exact) mass is 534 g/mol. The normalized spacial score (nSPS) is 40.2. The predicted octanol–water partition coefficient (Wildman–Crippen LogP) is 2.27. The molecule has 9 heteroatoms. The molecule has 0 unspecified atom stereocenters. The van der Waals surface area contributed by atoms with E-state index >= 15 is 0 Å². The second-order valence-corrected chi connectivity index (χ2v) is 12.8. The molecule has 4 saturated carbocycles. The van der Waals surface area contributed by atoms with Gasteiger partial charge in [-0.2, -0.15) is 0 Å². The highest BCUT2D eigenvalue weighted by atomic mass is 16.6. The first-order chi connectivity index (χ1) is 17.9. The molecule has 0 radical (unpaired) electrons. The number of aliphatic hydroxyl groups is 1. The van der Waals surface area contributed by atoms with Gasteiger partial charge in [0, 0.05) is 31.3 Å². The van der Waals surface area contributed by atoms with Crippen molar-refractivity contribution in [1.82, 2.24) is 0 Å². The van der Waals surface area contributed by atoms with Crippen LogP contribution in [-0.2, 0) is 28.6 Å². The molecule has 1 spiro atoms. The average Bonchev–Trinajstić information content (AvgIpc) is 2.98. The van der Waals surface area contributed by atoms with Gasteiger partial charge in [-0.1, -0.05) is 33.3 Å². The standard InChI is InChI=1S/C29H46N2O7/c1-16-18-13-20(33)23-28(15-37-17(2)32)11-8-10-27(3,4)21(28)14-22(36-5)29(23,24(16)34)25(18)38-26(35)19(31)9-6-7-12-30/h18-23,25,33H,1,6-15,30-31H2,2-5H3/t18-,19-,20-,21+,22+,23-,25+,28-,29+/m0/s1. The molecular weight excluding hydrogens is 488 g/mol. The molecule has 4 fully saturated rings. The molecule has 4 aliphatic carbocycles. The van der Waals surface area contributed by atoms with Gasteiger partial charge in [0.2, 0.25) is 0 Å². The highest BCUT2D eigenvalue weighted by molar-refractivity contribution is 6.05. The number of carbonyl (C=O) groups is 3. The molecule has 214 valence electrons. The molecule has 0 aromatic carbocycles. The molecule has 0 saturated heterocycles. The molecule has 5 N–H and O–H groups in total. The maximum Gasteiger partial charge on any atom is 0.323 e. The number of aliphatic hydroxyl groups excluding tert-OH is 1. The van der Waals surface area contributed by atoms with Gasteiger partial charge >= 0.3 is 11.9 Å². The Morgan fingerprint density at radius 1 is 1.21 bits per heavy atom. The maximum absolute atomic E-state index is 14.3. The molecule has 9 atom stereocenters. The fraction of sp³-hybridized carbons (Fsp3) is 0.828. The number of rotatable bonds is 9. The Balaban J connectivity index is 1.83. The zero-order chi connectivity index (χ0) is 28.0. The first kappa shape index (κ1) is 29.2. The van der Waals surface area contributed by atoms with Crippen molar-refractivity contribution >= 4 is 17.7 Å². The summed E-state index contributed by atoms with van der Waals surface area (Å²) in [4.78, 5) is 39.7. The Morgan fingerprint density at radius 2 is 1.92 bits per heavy atom. The van der Waals surface area contributed by atoms with Gasteiger partial charge in [-0.25, -0.2) is 0 Å². The van der Waals surface area contributed by atoms with Crippen LogP contribution in [0, 0.1) is 34.0 Å². The van der Waals surface area contributed by atoms with E-state index in [0.29, 0.717) is 37.8 Å². The Labute approximate surface area is 226 Å². The number of ketones is 1. The number of hydrogen-bond donors (Lipinski definition) is 3. The lowest BCUT2D eigenvalue weighted by Gasteiger charge is -2.67. The van der Waals surface area contributed by atoms with Gasteiger partial charge in [-0.15, -0.1) is 0 Å². The van der Waals surface area contributed by atoms with E-state index in [-0.39, 0.29) is 30.1 Å². The second-order valence-electron chi connectivity index (χ2n) is 12.8. The van der Waals surface area contributed by atoms with Crippen molar-refractivity contribution < 1.29 is 33.7 Å². The molecule has 0 amide bonds. The Kier molecular flexibility index (Phi) is 8.17. The number of esters is 2.